The number of rotatable bonds is 8. The number of hydrogen-bond donors (Lipinski definition) is 1. The lowest BCUT2D eigenvalue weighted by atomic mass is 10.0. The van der Waals surface area contributed by atoms with E-state index in [2.05, 4.69) is 38.2 Å². The molecule has 2 rings (SSSR count). The first-order chi connectivity index (χ1) is 11.6. The molecular formula is C21H27NO2. The van der Waals surface area contributed by atoms with Crippen LogP contribution in [0.5, 0.6) is 5.75 Å². The van der Waals surface area contributed by atoms with Crippen LogP contribution >= 0.6 is 0 Å². The SMILES string of the molecule is CCc1ccccc1NC(=O)CCCOc1ccc(C(C)C)cc1. The van der Waals surface area contributed by atoms with E-state index in [0.29, 0.717) is 25.4 Å². The molecule has 24 heavy (non-hydrogen) atoms. The van der Waals surface area contributed by atoms with Crippen molar-refractivity contribution in [3.63, 3.8) is 0 Å². The van der Waals surface area contributed by atoms with Gasteiger partial charge in [0.1, 0.15) is 5.75 Å². The fourth-order valence-electron chi connectivity index (χ4n) is 2.53. The van der Waals surface area contributed by atoms with Gasteiger partial charge in [-0.05, 0) is 48.1 Å². The fourth-order valence-corrected chi connectivity index (χ4v) is 2.53. The van der Waals surface area contributed by atoms with Crippen LogP contribution in [0.3, 0.4) is 0 Å². The van der Waals surface area contributed by atoms with Gasteiger partial charge in [0.15, 0.2) is 0 Å². The third-order valence-electron chi connectivity index (χ3n) is 4.04. The Balaban J connectivity index is 1.73. The van der Waals surface area contributed by atoms with E-state index in [1.807, 2.05) is 36.4 Å². The monoisotopic (exact) mass is 325 g/mol. The second kappa shape index (κ2) is 9.11. The predicted octanol–water partition coefficient (Wildman–Crippen LogP) is 5.17. The second-order valence-electron chi connectivity index (χ2n) is 6.23. The Bertz CT molecular complexity index is 647. The van der Waals surface area contributed by atoms with Gasteiger partial charge in [0, 0.05) is 12.1 Å². The molecule has 2 aromatic rings. The predicted molar refractivity (Wildman–Crippen MR) is 99.7 cm³/mol. The molecule has 0 aliphatic carbocycles. The molecule has 128 valence electrons. The molecule has 0 aliphatic heterocycles. The molecule has 0 atom stereocenters. The molecule has 1 amide bonds. The Hall–Kier alpha value is -2.29. The van der Waals surface area contributed by atoms with Crippen LogP contribution in [0, 0.1) is 0 Å². The lowest BCUT2D eigenvalue weighted by Crippen LogP contribution is -2.14. The number of aryl methyl sites for hydroxylation is 1. The lowest BCUT2D eigenvalue weighted by molar-refractivity contribution is -0.116. The number of para-hydroxylation sites is 1. The second-order valence-corrected chi connectivity index (χ2v) is 6.23. The minimum absolute atomic E-state index is 0.0367. The van der Waals surface area contributed by atoms with Gasteiger partial charge in [-0.2, -0.15) is 0 Å². The van der Waals surface area contributed by atoms with Crippen LogP contribution in [0.1, 0.15) is 50.7 Å². The Morgan fingerprint density at radius 1 is 1.08 bits per heavy atom. The van der Waals surface area contributed by atoms with Crippen molar-refractivity contribution in [3.05, 3.63) is 59.7 Å². The third kappa shape index (κ3) is 5.41. The molecule has 0 heterocycles. The Morgan fingerprint density at radius 2 is 1.79 bits per heavy atom. The van der Waals surface area contributed by atoms with Crippen LogP contribution < -0.4 is 10.1 Å². The molecule has 0 radical (unpaired) electrons. The summed E-state index contributed by atoms with van der Waals surface area (Å²) in [6.45, 7) is 6.98. The minimum Gasteiger partial charge on any atom is -0.494 e. The van der Waals surface area contributed by atoms with Gasteiger partial charge in [0.05, 0.1) is 6.61 Å². The molecule has 0 unspecified atom stereocenters. The Kier molecular flexibility index (Phi) is 6.86. The van der Waals surface area contributed by atoms with E-state index >= 15 is 0 Å². The first-order valence-electron chi connectivity index (χ1n) is 8.70. The molecule has 0 fully saturated rings. The van der Waals surface area contributed by atoms with Crippen molar-refractivity contribution in [2.75, 3.05) is 11.9 Å². The molecule has 0 aromatic heterocycles. The average Bonchev–Trinajstić information content (AvgIpc) is 2.59. The van der Waals surface area contributed by atoms with Crippen LogP contribution in [0.2, 0.25) is 0 Å². The van der Waals surface area contributed by atoms with Crippen LogP contribution in [0.4, 0.5) is 5.69 Å². The van der Waals surface area contributed by atoms with Crippen molar-refractivity contribution < 1.29 is 9.53 Å². The summed E-state index contributed by atoms with van der Waals surface area (Å²) in [6.07, 6.45) is 2.07. The van der Waals surface area contributed by atoms with Crippen LogP contribution in [0.25, 0.3) is 0 Å². The summed E-state index contributed by atoms with van der Waals surface area (Å²) in [5, 5.41) is 2.99. The number of amides is 1. The number of anilines is 1. The summed E-state index contributed by atoms with van der Waals surface area (Å²) in [4.78, 5) is 12.0. The molecule has 1 N–H and O–H groups in total. The highest BCUT2D eigenvalue weighted by atomic mass is 16.5. The average molecular weight is 325 g/mol. The number of hydrogen-bond acceptors (Lipinski definition) is 2. The van der Waals surface area contributed by atoms with Crippen molar-refractivity contribution in [2.45, 2.75) is 46.0 Å². The van der Waals surface area contributed by atoms with E-state index in [1.165, 1.54) is 5.56 Å². The summed E-state index contributed by atoms with van der Waals surface area (Å²) in [5.41, 5.74) is 3.37. The molecule has 0 saturated heterocycles. The number of benzene rings is 2. The first-order valence-corrected chi connectivity index (χ1v) is 8.70. The zero-order chi connectivity index (χ0) is 17.4. The molecule has 3 nitrogen and oxygen atoms in total. The van der Waals surface area contributed by atoms with E-state index in [1.54, 1.807) is 0 Å². The van der Waals surface area contributed by atoms with Gasteiger partial charge >= 0.3 is 0 Å². The molecule has 0 saturated carbocycles. The quantitative estimate of drug-likeness (QED) is 0.680. The molecule has 0 spiro atoms. The van der Waals surface area contributed by atoms with Gasteiger partial charge in [0.25, 0.3) is 0 Å². The topological polar surface area (TPSA) is 38.3 Å². The maximum Gasteiger partial charge on any atom is 0.224 e. The summed E-state index contributed by atoms with van der Waals surface area (Å²) in [6, 6.07) is 16.1. The highest BCUT2D eigenvalue weighted by Crippen LogP contribution is 2.19. The Labute approximate surface area is 145 Å². The standard InChI is InChI=1S/C21H27NO2/c1-4-17-8-5-6-9-20(17)22-21(23)10-7-15-24-19-13-11-18(12-14-19)16(2)3/h5-6,8-9,11-14,16H,4,7,10,15H2,1-3H3,(H,22,23). The van der Waals surface area contributed by atoms with Crippen molar-refractivity contribution >= 4 is 11.6 Å². The summed E-state index contributed by atoms with van der Waals surface area (Å²) in [5.74, 6) is 1.42. The number of carbonyl (C=O) groups excluding carboxylic acids is 1. The highest BCUT2D eigenvalue weighted by Gasteiger charge is 2.06. The molecule has 2 aromatic carbocycles. The summed E-state index contributed by atoms with van der Waals surface area (Å²) >= 11 is 0. The van der Waals surface area contributed by atoms with Gasteiger partial charge in [-0.25, -0.2) is 0 Å². The highest BCUT2D eigenvalue weighted by molar-refractivity contribution is 5.91. The minimum atomic E-state index is 0.0367. The van der Waals surface area contributed by atoms with Gasteiger partial charge < -0.3 is 10.1 Å². The van der Waals surface area contributed by atoms with Gasteiger partial charge in [-0.15, -0.1) is 0 Å². The van der Waals surface area contributed by atoms with Gasteiger partial charge in [0.2, 0.25) is 5.91 Å². The van der Waals surface area contributed by atoms with Crippen LogP contribution in [0.15, 0.2) is 48.5 Å². The fraction of sp³-hybridized carbons (Fsp3) is 0.381. The van der Waals surface area contributed by atoms with E-state index in [-0.39, 0.29) is 5.91 Å². The van der Waals surface area contributed by atoms with Crippen LogP contribution in [-0.2, 0) is 11.2 Å². The van der Waals surface area contributed by atoms with Crippen molar-refractivity contribution in [2.24, 2.45) is 0 Å². The maximum atomic E-state index is 12.0. The van der Waals surface area contributed by atoms with Crippen molar-refractivity contribution in [1.82, 2.24) is 0 Å². The Morgan fingerprint density at radius 3 is 2.46 bits per heavy atom. The molecule has 0 aliphatic rings. The first kappa shape index (κ1) is 18.1. The zero-order valence-corrected chi connectivity index (χ0v) is 14.8. The molecule has 3 heteroatoms. The van der Waals surface area contributed by atoms with E-state index < -0.39 is 0 Å². The molecular weight excluding hydrogens is 298 g/mol. The largest absolute Gasteiger partial charge is 0.494 e. The maximum absolute atomic E-state index is 12.0. The van der Waals surface area contributed by atoms with Gasteiger partial charge in [-0.1, -0.05) is 51.1 Å². The van der Waals surface area contributed by atoms with Crippen molar-refractivity contribution in [1.29, 1.82) is 0 Å². The van der Waals surface area contributed by atoms with Crippen LogP contribution in [-0.4, -0.2) is 12.5 Å². The zero-order valence-electron chi connectivity index (χ0n) is 14.8. The van der Waals surface area contributed by atoms with Crippen molar-refractivity contribution in [3.8, 4) is 5.75 Å². The summed E-state index contributed by atoms with van der Waals surface area (Å²) in [7, 11) is 0. The third-order valence-corrected chi connectivity index (χ3v) is 4.04. The van der Waals surface area contributed by atoms with E-state index in [4.69, 9.17) is 4.74 Å². The normalized spacial score (nSPS) is 10.7. The summed E-state index contributed by atoms with van der Waals surface area (Å²) < 4.78 is 5.71. The number of nitrogens with one attached hydrogen (secondary N) is 1. The smallest absolute Gasteiger partial charge is 0.224 e. The number of carbonyl (C=O) groups is 1. The molecule has 0 bridgehead atoms. The van der Waals surface area contributed by atoms with E-state index in [0.717, 1.165) is 23.4 Å². The van der Waals surface area contributed by atoms with Gasteiger partial charge in [-0.3, -0.25) is 4.79 Å². The lowest BCUT2D eigenvalue weighted by Gasteiger charge is -2.10. The van der Waals surface area contributed by atoms with E-state index in [9.17, 15) is 4.79 Å². The number of ether oxygens (including phenoxy) is 1.